The fourth-order valence-corrected chi connectivity index (χ4v) is 1.67. The van der Waals surface area contributed by atoms with Crippen LogP contribution in [0.15, 0.2) is 24.3 Å². The second-order valence-corrected chi connectivity index (χ2v) is 5.24. The van der Waals surface area contributed by atoms with E-state index in [4.69, 9.17) is 5.11 Å². The second kappa shape index (κ2) is 7.26. The van der Waals surface area contributed by atoms with Crippen LogP contribution in [0.4, 0.5) is 0 Å². The maximum absolute atomic E-state index is 10.9. The lowest BCUT2D eigenvalue weighted by Crippen LogP contribution is -2.30. The second-order valence-electron chi connectivity index (χ2n) is 5.24. The summed E-state index contributed by atoms with van der Waals surface area (Å²) in [5, 5.41) is 21.8. The molecule has 0 spiro atoms. The van der Waals surface area contributed by atoms with Crippen LogP contribution in [0, 0.1) is 5.92 Å². The Bertz CT molecular complexity index is 400. The lowest BCUT2D eigenvalue weighted by atomic mass is 10.00. The van der Waals surface area contributed by atoms with Gasteiger partial charge >= 0.3 is 5.97 Å². The largest absolute Gasteiger partial charge is 0.481 e. The highest BCUT2D eigenvalue weighted by Gasteiger charge is 2.13. The van der Waals surface area contributed by atoms with Crippen LogP contribution >= 0.6 is 0 Å². The number of nitrogens with one attached hydrogen (secondary N) is 1. The lowest BCUT2D eigenvalue weighted by Gasteiger charge is -2.15. The number of hydrogen-bond donors (Lipinski definition) is 3. The van der Waals surface area contributed by atoms with E-state index in [0.717, 1.165) is 11.1 Å². The standard InChI is InChI=1S/C15H23NO3/c1-10(2)14(17)9-16-8-12-4-6-13(7-5-12)11(3)15(18)19/h4-7,10-11,14,16-17H,8-9H2,1-3H3,(H,18,19). The highest BCUT2D eigenvalue weighted by atomic mass is 16.4. The predicted octanol–water partition coefficient (Wildman–Crippen LogP) is 1.98. The molecule has 0 aliphatic rings. The Hall–Kier alpha value is -1.39. The third-order valence-corrected chi connectivity index (χ3v) is 3.30. The van der Waals surface area contributed by atoms with Crippen LogP contribution in [-0.2, 0) is 11.3 Å². The molecule has 1 aromatic carbocycles. The summed E-state index contributed by atoms with van der Waals surface area (Å²) in [6.07, 6.45) is -0.341. The van der Waals surface area contributed by atoms with Gasteiger partial charge in [0.25, 0.3) is 0 Å². The molecule has 0 amide bonds. The number of rotatable bonds is 7. The van der Waals surface area contributed by atoms with Crippen molar-refractivity contribution in [1.29, 1.82) is 0 Å². The van der Waals surface area contributed by atoms with Crippen molar-refractivity contribution in [2.75, 3.05) is 6.54 Å². The Balaban J connectivity index is 2.47. The molecule has 2 atom stereocenters. The Morgan fingerprint density at radius 3 is 2.26 bits per heavy atom. The maximum Gasteiger partial charge on any atom is 0.310 e. The van der Waals surface area contributed by atoms with Gasteiger partial charge in [0.1, 0.15) is 0 Å². The molecule has 0 bridgehead atoms. The van der Waals surface area contributed by atoms with Crippen LogP contribution in [0.25, 0.3) is 0 Å². The molecule has 1 rings (SSSR count). The Morgan fingerprint density at radius 2 is 1.79 bits per heavy atom. The van der Waals surface area contributed by atoms with E-state index in [2.05, 4.69) is 5.32 Å². The Morgan fingerprint density at radius 1 is 1.21 bits per heavy atom. The zero-order chi connectivity index (χ0) is 14.4. The minimum Gasteiger partial charge on any atom is -0.481 e. The molecule has 0 heterocycles. The smallest absolute Gasteiger partial charge is 0.310 e. The van der Waals surface area contributed by atoms with Gasteiger partial charge in [0.2, 0.25) is 0 Å². The van der Waals surface area contributed by atoms with Crippen molar-refractivity contribution in [3.8, 4) is 0 Å². The summed E-state index contributed by atoms with van der Waals surface area (Å²) in [6.45, 7) is 6.87. The van der Waals surface area contributed by atoms with Crippen LogP contribution in [0.3, 0.4) is 0 Å². The molecule has 4 heteroatoms. The molecule has 0 saturated heterocycles. The number of carbonyl (C=O) groups is 1. The van der Waals surface area contributed by atoms with Crippen molar-refractivity contribution in [3.05, 3.63) is 35.4 Å². The summed E-state index contributed by atoms with van der Waals surface area (Å²) in [4.78, 5) is 10.9. The molecule has 0 saturated carbocycles. The van der Waals surface area contributed by atoms with Crippen LogP contribution < -0.4 is 5.32 Å². The Labute approximate surface area is 114 Å². The molecule has 19 heavy (non-hydrogen) atoms. The first kappa shape index (κ1) is 15.7. The van der Waals surface area contributed by atoms with Crippen molar-refractivity contribution < 1.29 is 15.0 Å². The molecule has 0 aliphatic heterocycles. The van der Waals surface area contributed by atoms with Crippen molar-refractivity contribution in [1.82, 2.24) is 5.32 Å². The van der Waals surface area contributed by atoms with Crippen LogP contribution in [0.5, 0.6) is 0 Å². The number of hydrogen-bond acceptors (Lipinski definition) is 3. The summed E-state index contributed by atoms with van der Waals surface area (Å²) in [5.74, 6) is -1.05. The van der Waals surface area contributed by atoms with E-state index in [1.807, 2.05) is 38.1 Å². The molecule has 1 aromatic rings. The van der Waals surface area contributed by atoms with E-state index in [9.17, 15) is 9.90 Å². The van der Waals surface area contributed by atoms with E-state index in [1.165, 1.54) is 0 Å². The van der Waals surface area contributed by atoms with Crippen molar-refractivity contribution in [3.63, 3.8) is 0 Å². The molecule has 2 unspecified atom stereocenters. The maximum atomic E-state index is 10.9. The molecular weight excluding hydrogens is 242 g/mol. The minimum absolute atomic E-state index is 0.242. The van der Waals surface area contributed by atoms with Gasteiger partial charge in [-0.1, -0.05) is 38.1 Å². The molecule has 0 aromatic heterocycles. The number of carboxylic acids is 1. The zero-order valence-corrected chi connectivity index (χ0v) is 11.8. The average molecular weight is 265 g/mol. The van der Waals surface area contributed by atoms with E-state index in [1.54, 1.807) is 6.92 Å². The highest BCUT2D eigenvalue weighted by molar-refractivity contribution is 5.75. The summed E-state index contributed by atoms with van der Waals surface area (Å²) in [5.41, 5.74) is 1.88. The normalized spacial score (nSPS) is 14.4. The van der Waals surface area contributed by atoms with Crippen LogP contribution in [0.1, 0.15) is 37.8 Å². The van der Waals surface area contributed by atoms with Gasteiger partial charge in [-0.15, -0.1) is 0 Å². The fraction of sp³-hybridized carbons (Fsp3) is 0.533. The first-order chi connectivity index (χ1) is 8.91. The van der Waals surface area contributed by atoms with E-state index in [0.29, 0.717) is 13.1 Å². The van der Waals surface area contributed by atoms with Crippen molar-refractivity contribution >= 4 is 5.97 Å². The van der Waals surface area contributed by atoms with Gasteiger partial charge in [-0.3, -0.25) is 4.79 Å². The van der Waals surface area contributed by atoms with Crippen molar-refractivity contribution in [2.24, 2.45) is 5.92 Å². The van der Waals surface area contributed by atoms with Gasteiger partial charge in [0.15, 0.2) is 0 Å². The third-order valence-electron chi connectivity index (χ3n) is 3.30. The molecular formula is C15H23NO3. The van der Waals surface area contributed by atoms with Gasteiger partial charge in [-0.25, -0.2) is 0 Å². The van der Waals surface area contributed by atoms with Crippen LogP contribution in [0.2, 0.25) is 0 Å². The highest BCUT2D eigenvalue weighted by Crippen LogP contribution is 2.16. The van der Waals surface area contributed by atoms with Crippen LogP contribution in [-0.4, -0.2) is 28.8 Å². The summed E-state index contributed by atoms with van der Waals surface area (Å²) in [7, 11) is 0. The predicted molar refractivity (Wildman–Crippen MR) is 75.0 cm³/mol. The quantitative estimate of drug-likeness (QED) is 0.705. The summed E-state index contributed by atoms with van der Waals surface area (Å²) < 4.78 is 0. The Kier molecular flexibility index (Phi) is 5.99. The number of benzene rings is 1. The first-order valence-corrected chi connectivity index (χ1v) is 6.62. The van der Waals surface area contributed by atoms with Gasteiger partial charge in [0.05, 0.1) is 12.0 Å². The minimum atomic E-state index is -0.814. The first-order valence-electron chi connectivity index (χ1n) is 6.62. The number of aliphatic carboxylic acids is 1. The van der Waals surface area contributed by atoms with E-state index < -0.39 is 11.9 Å². The monoisotopic (exact) mass is 265 g/mol. The van der Waals surface area contributed by atoms with Gasteiger partial charge in [-0.2, -0.15) is 0 Å². The average Bonchev–Trinajstić information content (AvgIpc) is 2.38. The molecule has 106 valence electrons. The van der Waals surface area contributed by atoms with E-state index >= 15 is 0 Å². The molecule has 4 nitrogen and oxygen atoms in total. The summed E-state index contributed by atoms with van der Waals surface area (Å²) >= 11 is 0. The molecule has 3 N–H and O–H groups in total. The number of aliphatic hydroxyl groups excluding tert-OH is 1. The molecule has 0 aliphatic carbocycles. The van der Waals surface area contributed by atoms with Gasteiger partial charge < -0.3 is 15.5 Å². The molecule has 0 radical (unpaired) electrons. The number of aliphatic hydroxyl groups is 1. The summed E-state index contributed by atoms with van der Waals surface area (Å²) in [6, 6.07) is 7.52. The number of carboxylic acid groups (broad SMARTS) is 1. The SMILES string of the molecule is CC(C(=O)O)c1ccc(CNCC(O)C(C)C)cc1. The fourth-order valence-electron chi connectivity index (χ4n) is 1.67. The van der Waals surface area contributed by atoms with Crippen molar-refractivity contribution in [2.45, 2.75) is 39.3 Å². The third kappa shape index (κ3) is 5.01. The topological polar surface area (TPSA) is 69.6 Å². The zero-order valence-electron chi connectivity index (χ0n) is 11.8. The van der Waals surface area contributed by atoms with Gasteiger partial charge in [0, 0.05) is 13.1 Å². The molecule has 0 fully saturated rings. The van der Waals surface area contributed by atoms with Gasteiger partial charge in [-0.05, 0) is 24.0 Å². The lowest BCUT2D eigenvalue weighted by molar-refractivity contribution is -0.138. The van der Waals surface area contributed by atoms with E-state index in [-0.39, 0.29) is 12.0 Å².